The molecule has 0 aliphatic rings. The van der Waals surface area contributed by atoms with Crippen molar-refractivity contribution in [1.82, 2.24) is 4.98 Å². The summed E-state index contributed by atoms with van der Waals surface area (Å²) in [6, 6.07) is 3.18. The second-order valence-electron chi connectivity index (χ2n) is 1.57. The van der Waals surface area contributed by atoms with E-state index in [2.05, 4.69) is 4.98 Å². The first-order chi connectivity index (χ1) is 4.30. The maximum Gasteiger partial charge on any atom is 0.0349 e. The van der Waals surface area contributed by atoms with Crippen LogP contribution in [-0.2, 0) is 0 Å². The van der Waals surface area contributed by atoms with Crippen LogP contribution in [-0.4, -0.2) is 10.9 Å². The normalized spacial score (nSPS) is 8.89. The zero-order valence-electron chi connectivity index (χ0n) is 4.66. The molecule has 1 heterocycles. The molecule has 0 aliphatic carbocycles. The lowest BCUT2D eigenvalue weighted by molar-refractivity contribution is -0.214. The van der Waals surface area contributed by atoms with Gasteiger partial charge >= 0.3 is 0 Å². The van der Waals surface area contributed by atoms with Crippen molar-refractivity contribution in [2.75, 3.05) is 0 Å². The third-order valence-corrected chi connectivity index (χ3v) is 0.924. The first-order valence-corrected chi connectivity index (χ1v) is 2.46. The Bertz CT molecular complexity index is 208. The molecule has 0 amide bonds. The molecule has 0 saturated carbocycles. The van der Waals surface area contributed by atoms with Crippen LogP contribution in [0.2, 0.25) is 0 Å². The summed E-state index contributed by atoms with van der Waals surface area (Å²) in [5, 5.41) is 16.9. The molecule has 3 nitrogen and oxygen atoms in total. The third kappa shape index (κ3) is 1.25. The summed E-state index contributed by atoms with van der Waals surface area (Å²) in [5.74, 6) is -0.692. The predicted octanol–water partition coefficient (Wildman–Crippen LogP) is -0.233. The van der Waals surface area contributed by atoms with Gasteiger partial charge in [-0.25, -0.2) is 0 Å². The van der Waals surface area contributed by atoms with E-state index in [0.717, 1.165) is 0 Å². The summed E-state index contributed by atoms with van der Waals surface area (Å²) < 4.78 is 0. The molecule has 0 radical (unpaired) electrons. The van der Waals surface area contributed by atoms with Gasteiger partial charge in [0.2, 0.25) is 0 Å². The van der Waals surface area contributed by atoms with E-state index in [1.807, 2.05) is 0 Å². The van der Waals surface area contributed by atoms with Crippen molar-refractivity contribution in [2.24, 2.45) is 0 Å². The minimum absolute atomic E-state index is 0.331. The third-order valence-electron chi connectivity index (χ3n) is 0.924. The SMILES string of the molecule is N=C([O-])c1cccnc1. The van der Waals surface area contributed by atoms with Crippen LogP contribution in [0, 0.1) is 5.41 Å². The topological polar surface area (TPSA) is 59.8 Å². The number of rotatable bonds is 1. The van der Waals surface area contributed by atoms with Gasteiger partial charge < -0.3 is 10.5 Å². The molecule has 1 rings (SSSR count). The van der Waals surface area contributed by atoms with E-state index < -0.39 is 5.90 Å². The van der Waals surface area contributed by atoms with Gasteiger partial charge in [0.15, 0.2) is 0 Å². The molecule has 1 aromatic heterocycles. The van der Waals surface area contributed by atoms with Gasteiger partial charge in [0, 0.05) is 18.0 Å². The first kappa shape index (κ1) is 5.75. The molecule has 9 heavy (non-hydrogen) atoms. The van der Waals surface area contributed by atoms with Gasteiger partial charge in [0.25, 0.3) is 0 Å². The molecule has 0 atom stereocenters. The van der Waals surface area contributed by atoms with Crippen molar-refractivity contribution in [3.05, 3.63) is 30.1 Å². The van der Waals surface area contributed by atoms with Crippen LogP contribution >= 0.6 is 0 Å². The first-order valence-electron chi connectivity index (χ1n) is 2.46. The number of nitrogens with zero attached hydrogens (tertiary/aromatic N) is 1. The monoisotopic (exact) mass is 121 g/mol. The number of hydrogen-bond donors (Lipinski definition) is 1. The Morgan fingerprint density at radius 2 is 2.44 bits per heavy atom. The molecule has 0 bridgehead atoms. The molecule has 46 valence electrons. The second kappa shape index (κ2) is 2.26. The summed E-state index contributed by atoms with van der Waals surface area (Å²) >= 11 is 0. The number of aromatic nitrogens is 1. The molecular formula is C6H5N2O-. The number of pyridine rings is 1. The van der Waals surface area contributed by atoms with Crippen molar-refractivity contribution in [3.63, 3.8) is 0 Å². The van der Waals surface area contributed by atoms with Crippen LogP contribution in [0.4, 0.5) is 0 Å². The molecule has 0 saturated heterocycles. The van der Waals surface area contributed by atoms with Crippen molar-refractivity contribution in [1.29, 1.82) is 5.41 Å². The van der Waals surface area contributed by atoms with E-state index in [1.165, 1.54) is 6.20 Å². The Morgan fingerprint density at radius 3 is 2.78 bits per heavy atom. The van der Waals surface area contributed by atoms with Crippen LogP contribution in [0.3, 0.4) is 0 Å². The standard InChI is InChI=1S/C6H6N2O/c7-6(9)5-2-1-3-8-4-5/h1-4H,(H2,7,9)/p-1. The smallest absolute Gasteiger partial charge is 0.0349 e. The highest BCUT2D eigenvalue weighted by Crippen LogP contribution is 1.90. The Morgan fingerprint density at radius 1 is 1.67 bits per heavy atom. The Labute approximate surface area is 52.5 Å². The van der Waals surface area contributed by atoms with Gasteiger partial charge in [-0.1, -0.05) is 6.07 Å². The predicted molar refractivity (Wildman–Crippen MR) is 31.1 cm³/mol. The van der Waals surface area contributed by atoms with E-state index in [-0.39, 0.29) is 0 Å². The van der Waals surface area contributed by atoms with Crippen molar-refractivity contribution in [2.45, 2.75) is 0 Å². The highest BCUT2D eigenvalue weighted by molar-refractivity contribution is 5.87. The fourth-order valence-electron chi connectivity index (χ4n) is 0.497. The molecule has 0 spiro atoms. The summed E-state index contributed by atoms with van der Waals surface area (Å²) in [6.07, 6.45) is 2.93. The maximum absolute atomic E-state index is 10.3. The van der Waals surface area contributed by atoms with Crippen LogP contribution in [0.1, 0.15) is 5.56 Å². The van der Waals surface area contributed by atoms with E-state index in [1.54, 1.807) is 18.3 Å². The van der Waals surface area contributed by atoms with Crippen LogP contribution in [0.25, 0.3) is 0 Å². The average Bonchev–Trinajstić information content (AvgIpc) is 1.90. The fraction of sp³-hybridized carbons (Fsp3) is 0. The number of hydrogen-bond acceptors (Lipinski definition) is 3. The van der Waals surface area contributed by atoms with Crippen LogP contribution in [0.15, 0.2) is 24.5 Å². The van der Waals surface area contributed by atoms with Crippen molar-refractivity contribution < 1.29 is 5.11 Å². The van der Waals surface area contributed by atoms with Gasteiger partial charge in [0.1, 0.15) is 0 Å². The molecule has 0 aromatic carbocycles. The summed E-state index contributed by atoms with van der Waals surface area (Å²) in [7, 11) is 0. The van der Waals surface area contributed by atoms with Gasteiger partial charge in [-0.2, -0.15) is 0 Å². The molecule has 3 heteroatoms. The molecule has 0 unspecified atom stereocenters. The average molecular weight is 121 g/mol. The molecule has 1 aromatic rings. The lowest BCUT2D eigenvalue weighted by atomic mass is 10.3. The van der Waals surface area contributed by atoms with Gasteiger partial charge in [-0.15, -0.1) is 0 Å². The Hall–Kier alpha value is -1.38. The van der Waals surface area contributed by atoms with Crippen molar-refractivity contribution >= 4 is 5.90 Å². The van der Waals surface area contributed by atoms with E-state index in [4.69, 9.17) is 5.41 Å². The Balaban J connectivity index is 2.98. The lowest BCUT2D eigenvalue weighted by Gasteiger charge is -2.03. The largest absolute Gasteiger partial charge is 0.859 e. The van der Waals surface area contributed by atoms with Gasteiger partial charge in [-0.05, 0) is 12.0 Å². The highest BCUT2D eigenvalue weighted by atomic mass is 16.3. The van der Waals surface area contributed by atoms with E-state index >= 15 is 0 Å². The molecular weight excluding hydrogens is 116 g/mol. The second-order valence-corrected chi connectivity index (χ2v) is 1.57. The highest BCUT2D eigenvalue weighted by Gasteiger charge is 1.84. The number of nitrogens with one attached hydrogen (secondary N) is 1. The molecule has 0 aliphatic heterocycles. The molecule has 1 N–H and O–H groups in total. The van der Waals surface area contributed by atoms with Crippen LogP contribution in [0.5, 0.6) is 0 Å². The van der Waals surface area contributed by atoms with Gasteiger partial charge in [-0.3, -0.25) is 4.98 Å². The summed E-state index contributed by atoms with van der Waals surface area (Å²) in [4.78, 5) is 3.67. The minimum Gasteiger partial charge on any atom is -0.859 e. The quantitative estimate of drug-likeness (QED) is 0.412. The van der Waals surface area contributed by atoms with Gasteiger partial charge in [0.05, 0.1) is 0 Å². The van der Waals surface area contributed by atoms with Crippen LogP contribution < -0.4 is 5.11 Å². The van der Waals surface area contributed by atoms with E-state index in [9.17, 15) is 5.11 Å². The Kier molecular flexibility index (Phi) is 1.44. The van der Waals surface area contributed by atoms with E-state index in [0.29, 0.717) is 5.56 Å². The molecule has 0 fully saturated rings. The fourth-order valence-corrected chi connectivity index (χ4v) is 0.497. The summed E-state index contributed by atoms with van der Waals surface area (Å²) in [6.45, 7) is 0. The summed E-state index contributed by atoms with van der Waals surface area (Å²) in [5.41, 5.74) is 0.331. The zero-order chi connectivity index (χ0) is 6.69. The van der Waals surface area contributed by atoms with Crippen molar-refractivity contribution in [3.8, 4) is 0 Å². The lowest BCUT2D eigenvalue weighted by Crippen LogP contribution is -2.16. The minimum atomic E-state index is -0.692. The zero-order valence-corrected chi connectivity index (χ0v) is 4.66. The maximum atomic E-state index is 10.3.